The zero-order valence-corrected chi connectivity index (χ0v) is 4.89. The maximum absolute atomic E-state index is 10.6. The number of carbonyl (C=O) groups excluding carboxylic acids is 1. The number of hydrogen-bond acceptors (Lipinski definition) is 1. The van der Waals surface area contributed by atoms with Crippen LogP contribution in [0.5, 0.6) is 0 Å². The minimum absolute atomic E-state index is 0.225. The van der Waals surface area contributed by atoms with E-state index in [0.29, 0.717) is 0 Å². The molecule has 0 amide bonds. The van der Waals surface area contributed by atoms with Crippen molar-refractivity contribution >= 4 is 5.78 Å². The van der Waals surface area contributed by atoms with Gasteiger partial charge in [-0.2, -0.15) is 0 Å². The minimum atomic E-state index is 0.225. The van der Waals surface area contributed by atoms with Gasteiger partial charge in [-0.25, -0.2) is 0 Å². The lowest BCUT2D eigenvalue weighted by Crippen LogP contribution is -1.94. The molecule has 1 saturated carbocycles. The van der Waals surface area contributed by atoms with Gasteiger partial charge in [-0.3, -0.25) is 4.79 Å². The molecule has 1 aliphatic carbocycles. The Hall–Kier alpha value is -0.330. The first-order chi connectivity index (χ1) is 3.89. The molecule has 1 fully saturated rings. The van der Waals surface area contributed by atoms with E-state index >= 15 is 0 Å². The van der Waals surface area contributed by atoms with Gasteiger partial charge in [0.25, 0.3) is 0 Å². The fourth-order valence-electron chi connectivity index (χ4n) is 0.861. The van der Waals surface area contributed by atoms with Gasteiger partial charge in [0.1, 0.15) is 5.78 Å². The van der Waals surface area contributed by atoms with Crippen molar-refractivity contribution in [1.29, 1.82) is 0 Å². The summed E-state index contributed by atoms with van der Waals surface area (Å²) < 4.78 is 0. The van der Waals surface area contributed by atoms with Crippen LogP contribution >= 0.6 is 0 Å². The molecule has 0 heterocycles. The molecule has 0 N–H and O–H groups in total. The second kappa shape index (κ2) is 2.85. The predicted octanol–water partition coefficient (Wildman–Crippen LogP) is 1.54. The van der Waals surface area contributed by atoms with Gasteiger partial charge in [-0.1, -0.05) is 12.8 Å². The Morgan fingerprint density at radius 2 is 1.62 bits per heavy atom. The standard InChI is InChI=1S/C7H10O/c8-7-5-3-1-2-4-6-7/h5-6H,1-4H2. The molecule has 0 aliphatic heterocycles. The maximum Gasteiger partial charge on any atom is 0.140 e. The Kier molecular flexibility index (Phi) is 2.07. The van der Waals surface area contributed by atoms with Crippen LogP contribution in [0.1, 0.15) is 25.7 Å². The number of hydrogen-bond donors (Lipinski definition) is 0. The zero-order valence-electron chi connectivity index (χ0n) is 4.89. The molecule has 1 rings (SSSR count). The molecule has 2 radical (unpaired) electrons. The molecule has 0 aromatic carbocycles. The highest BCUT2D eigenvalue weighted by molar-refractivity contribution is 5.94. The summed E-state index contributed by atoms with van der Waals surface area (Å²) in [7, 11) is 0. The van der Waals surface area contributed by atoms with Gasteiger partial charge in [0.15, 0.2) is 0 Å². The lowest BCUT2D eigenvalue weighted by Gasteiger charge is -1.85. The Bertz CT molecular complexity index is 76.4. The van der Waals surface area contributed by atoms with Crippen molar-refractivity contribution in [1.82, 2.24) is 0 Å². The normalized spacial score (nSPS) is 22.8. The second-order valence-corrected chi connectivity index (χ2v) is 2.10. The molecular formula is C7H10O. The molecule has 0 bridgehead atoms. The largest absolute Gasteiger partial charge is 0.299 e. The summed E-state index contributed by atoms with van der Waals surface area (Å²) in [5.41, 5.74) is 0. The Labute approximate surface area is 50.1 Å². The van der Waals surface area contributed by atoms with Crippen LogP contribution in [0, 0.1) is 12.8 Å². The van der Waals surface area contributed by atoms with Crippen molar-refractivity contribution in [3.8, 4) is 0 Å². The average molecular weight is 110 g/mol. The lowest BCUT2D eigenvalue weighted by molar-refractivity contribution is -0.113. The van der Waals surface area contributed by atoms with Crippen molar-refractivity contribution in [2.24, 2.45) is 0 Å². The molecule has 0 aromatic heterocycles. The van der Waals surface area contributed by atoms with Crippen LogP contribution in [0.2, 0.25) is 0 Å². The van der Waals surface area contributed by atoms with Gasteiger partial charge in [-0.15, -0.1) is 0 Å². The quantitative estimate of drug-likeness (QED) is 0.432. The third kappa shape index (κ3) is 1.65. The molecule has 0 unspecified atom stereocenters. The Balaban J connectivity index is 2.27. The van der Waals surface area contributed by atoms with Crippen LogP contribution in [0.3, 0.4) is 0 Å². The monoisotopic (exact) mass is 110 g/mol. The molecular weight excluding hydrogens is 100 g/mol. The third-order valence-electron chi connectivity index (χ3n) is 1.35. The van der Waals surface area contributed by atoms with Crippen molar-refractivity contribution in [2.75, 3.05) is 0 Å². The third-order valence-corrected chi connectivity index (χ3v) is 1.35. The van der Waals surface area contributed by atoms with E-state index < -0.39 is 0 Å². The summed E-state index contributed by atoms with van der Waals surface area (Å²) in [6.45, 7) is 0. The SMILES string of the molecule is O=C1[CH]CCCC[CH]1. The number of Topliss-reactive ketones (excluding diaryl/α,β-unsaturated/α-hetero) is 1. The van der Waals surface area contributed by atoms with Gasteiger partial charge in [0.2, 0.25) is 0 Å². The average Bonchev–Trinajstić information content (AvgIpc) is 1.94. The molecule has 44 valence electrons. The molecule has 0 aromatic rings. The highest BCUT2D eigenvalue weighted by atomic mass is 16.1. The molecule has 0 atom stereocenters. The molecule has 8 heavy (non-hydrogen) atoms. The smallest absolute Gasteiger partial charge is 0.140 e. The van der Waals surface area contributed by atoms with Crippen LogP contribution in [-0.2, 0) is 4.79 Å². The molecule has 1 aliphatic rings. The fourth-order valence-corrected chi connectivity index (χ4v) is 0.861. The first-order valence-corrected chi connectivity index (χ1v) is 3.10. The second-order valence-electron chi connectivity index (χ2n) is 2.10. The lowest BCUT2D eigenvalue weighted by atomic mass is 10.2. The van der Waals surface area contributed by atoms with E-state index in [9.17, 15) is 4.79 Å². The van der Waals surface area contributed by atoms with E-state index in [-0.39, 0.29) is 5.78 Å². The molecule has 0 spiro atoms. The van der Waals surface area contributed by atoms with Gasteiger partial charge in [0.05, 0.1) is 0 Å². The summed E-state index contributed by atoms with van der Waals surface area (Å²) in [5, 5.41) is 0. The zero-order chi connectivity index (χ0) is 5.82. The summed E-state index contributed by atoms with van der Waals surface area (Å²) in [4.78, 5) is 10.6. The molecule has 1 nitrogen and oxygen atoms in total. The van der Waals surface area contributed by atoms with Gasteiger partial charge >= 0.3 is 0 Å². The number of carbonyl (C=O) groups is 1. The van der Waals surface area contributed by atoms with Gasteiger partial charge in [0, 0.05) is 12.8 Å². The first kappa shape index (κ1) is 5.80. The van der Waals surface area contributed by atoms with Crippen LogP contribution in [0.15, 0.2) is 0 Å². The van der Waals surface area contributed by atoms with E-state index in [2.05, 4.69) is 0 Å². The van der Waals surface area contributed by atoms with Gasteiger partial charge in [-0.05, 0) is 12.8 Å². The topological polar surface area (TPSA) is 17.1 Å². The van der Waals surface area contributed by atoms with Gasteiger partial charge < -0.3 is 0 Å². The van der Waals surface area contributed by atoms with Crippen LogP contribution in [-0.4, -0.2) is 5.78 Å². The van der Waals surface area contributed by atoms with E-state index in [4.69, 9.17) is 0 Å². The summed E-state index contributed by atoms with van der Waals surface area (Å²) in [5.74, 6) is 0.225. The van der Waals surface area contributed by atoms with E-state index in [0.717, 1.165) is 12.8 Å². The Morgan fingerprint density at radius 3 is 2.12 bits per heavy atom. The fraction of sp³-hybridized carbons (Fsp3) is 0.571. The highest BCUT2D eigenvalue weighted by Crippen LogP contribution is 2.11. The highest BCUT2D eigenvalue weighted by Gasteiger charge is 2.05. The number of ketones is 1. The van der Waals surface area contributed by atoms with Crippen LogP contribution in [0.4, 0.5) is 0 Å². The van der Waals surface area contributed by atoms with Crippen molar-refractivity contribution in [2.45, 2.75) is 25.7 Å². The molecule has 0 saturated heterocycles. The predicted molar refractivity (Wildman–Crippen MR) is 32.1 cm³/mol. The van der Waals surface area contributed by atoms with Crippen LogP contribution in [0.25, 0.3) is 0 Å². The van der Waals surface area contributed by atoms with Crippen molar-refractivity contribution < 1.29 is 4.79 Å². The molecule has 1 heteroatoms. The summed E-state index contributed by atoms with van der Waals surface area (Å²) in [6.07, 6.45) is 7.87. The van der Waals surface area contributed by atoms with E-state index in [1.165, 1.54) is 12.8 Å². The van der Waals surface area contributed by atoms with Crippen molar-refractivity contribution in [3.63, 3.8) is 0 Å². The van der Waals surface area contributed by atoms with Crippen LogP contribution < -0.4 is 0 Å². The van der Waals surface area contributed by atoms with E-state index in [1.54, 1.807) is 12.8 Å². The maximum atomic E-state index is 10.6. The van der Waals surface area contributed by atoms with Crippen molar-refractivity contribution in [3.05, 3.63) is 12.8 Å². The summed E-state index contributed by atoms with van der Waals surface area (Å²) >= 11 is 0. The number of rotatable bonds is 0. The van der Waals surface area contributed by atoms with E-state index in [1.807, 2.05) is 0 Å². The first-order valence-electron chi connectivity index (χ1n) is 3.10. The Morgan fingerprint density at radius 1 is 1.12 bits per heavy atom. The minimum Gasteiger partial charge on any atom is -0.299 e. The summed E-state index contributed by atoms with van der Waals surface area (Å²) in [6, 6.07) is 0.